The maximum Gasteiger partial charge on any atom is 0.262 e. The van der Waals surface area contributed by atoms with E-state index in [4.69, 9.17) is 14.2 Å². The van der Waals surface area contributed by atoms with Gasteiger partial charge in [0.25, 0.3) is 11.8 Å². The summed E-state index contributed by atoms with van der Waals surface area (Å²) in [6.45, 7) is 5.85. The van der Waals surface area contributed by atoms with Crippen molar-refractivity contribution in [2.24, 2.45) is 0 Å². The van der Waals surface area contributed by atoms with Gasteiger partial charge in [0.05, 0.1) is 35.8 Å². The van der Waals surface area contributed by atoms with Crippen molar-refractivity contribution in [3.05, 3.63) is 98.4 Å². The number of ether oxygens (including phenoxy) is 3. The number of piperidine rings is 1. The number of hydrogen-bond donors (Lipinski definition) is 1. The molecule has 2 aromatic carbocycles. The van der Waals surface area contributed by atoms with Crippen molar-refractivity contribution in [3.63, 3.8) is 0 Å². The number of benzene rings is 2. The van der Waals surface area contributed by atoms with Gasteiger partial charge >= 0.3 is 0 Å². The fraction of sp³-hybridized carbons (Fsp3) is 0.368. The first-order valence-corrected chi connectivity index (χ1v) is 17.8. The van der Waals surface area contributed by atoms with Gasteiger partial charge in [0, 0.05) is 18.6 Å². The van der Waals surface area contributed by atoms with Crippen molar-refractivity contribution < 1.29 is 33.4 Å². The highest BCUT2D eigenvalue weighted by Crippen LogP contribution is 2.39. The van der Waals surface area contributed by atoms with E-state index in [0.29, 0.717) is 44.8 Å². The lowest BCUT2D eigenvalue weighted by molar-refractivity contribution is -0.136. The van der Waals surface area contributed by atoms with E-state index in [0.717, 1.165) is 49.5 Å². The van der Waals surface area contributed by atoms with Crippen LogP contribution in [0.3, 0.4) is 0 Å². The Labute approximate surface area is 299 Å². The molecule has 1 N–H and O–H groups in total. The smallest absolute Gasteiger partial charge is 0.262 e. The van der Waals surface area contributed by atoms with Crippen molar-refractivity contribution in [2.45, 2.75) is 64.7 Å². The summed E-state index contributed by atoms with van der Waals surface area (Å²) in [5.41, 5.74) is 4.78. The van der Waals surface area contributed by atoms with Crippen LogP contribution in [0.25, 0.3) is 5.00 Å². The van der Waals surface area contributed by atoms with E-state index in [1.54, 1.807) is 23.5 Å². The molecule has 4 aromatic rings. The summed E-state index contributed by atoms with van der Waals surface area (Å²) < 4.78 is 19.8. The standard InChI is InChI=1S/C38H37N5O7S/c1-23-34-41-40-24(2)42(34)38-29(22-50-23)28(21-25-9-4-3-5-10-25)31(51-38)14-8-18-49-20-19-48-17-7-12-26-11-6-13-27-33(26)37(47)43(36(27)46)30-15-16-32(44)39-35(30)45/h3-6,9-11,13,23,30H,7,12,15-22H2,1-2H3,(H,39,44,45)/t23-,30?/m0/s1. The fourth-order valence-corrected chi connectivity index (χ4v) is 7.95. The maximum absolute atomic E-state index is 13.3. The first-order valence-electron chi connectivity index (χ1n) is 17.0. The molecule has 4 amide bonds. The molecule has 12 nitrogen and oxygen atoms in total. The van der Waals surface area contributed by atoms with E-state index >= 15 is 0 Å². The van der Waals surface area contributed by atoms with Crippen LogP contribution in [0, 0.1) is 18.8 Å². The van der Waals surface area contributed by atoms with Gasteiger partial charge in [0.1, 0.15) is 29.6 Å². The van der Waals surface area contributed by atoms with E-state index in [1.165, 1.54) is 5.56 Å². The third-order valence-corrected chi connectivity index (χ3v) is 10.4. The molecule has 1 fully saturated rings. The zero-order chi connectivity index (χ0) is 35.5. The van der Waals surface area contributed by atoms with Gasteiger partial charge in [-0.1, -0.05) is 54.3 Å². The third-order valence-electron chi connectivity index (χ3n) is 9.25. The van der Waals surface area contributed by atoms with Crippen molar-refractivity contribution in [2.75, 3.05) is 26.4 Å². The molecule has 3 aliphatic rings. The van der Waals surface area contributed by atoms with E-state index in [2.05, 4.69) is 44.1 Å². The molecular formula is C38H37N5O7S. The Balaban J connectivity index is 0.914. The van der Waals surface area contributed by atoms with Crippen LogP contribution in [0.4, 0.5) is 0 Å². The minimum Gasteiger partial charge on any atom is -0.379 e. The Morgan fingerprint density at radius 2 is 1.82 bits per heavy atom. The minimum absolute atomic E-state index is 0.0804. The van der Waals surface area contributed by atoms with Crippen molar-refractivity contribution in [1.29, 1.82) is 0 Å². The second-order valence-corrected chi connectivity index (χ2v) is 13.6. The van der Waals surface area contributed by atoms with Crippen LogP contribution in [0.15, 0.2) is 48.5 Å². The van der Waals surface area contributed by atoms with Crippen LogP contribution in [-0.4, -0.2) is 75.8 Å². The van der Waals surface area contributed by atoms with Gasteiger partial charge in [-0.05, 0) is 62.3 Å². The molecule has 7 rings (SSSR count). The number of rotatable bonds is 11. The lowest BCUT2D eigenvalue weighted by Gasteiger charge is -2.27. The van der Waals surface area contributed by atoms with E-state index in [-0.39, 0.29) is 31.1 Å². The van der Waals surface area contributed by atoms with E-state index in [9.17, 15) is 19.2 Å². The van der Waals surface area contributed by atoms with Crippen molar-refractivity contribution in [3.8, 4) is 16.8 Å². The largest absolute Gasteiger partial charge is 0.379 e. The second kappa shape index (κ2) is 15.1. The number of imide groups is 2. The van der Waals surface area contributed by atoms with Gasteiger partial charge in [-0.2, -0.15) is 0 Å². The van der Waals surface area contributed by atoms with Gasteiger partial charge < -0.3 is 14.2 Å². The highest BCUT2D eigenvalue weighted by atomic mass is 32.1. The van der Waals surface area contributed by atoms with Crippen LogP contribution >= 0.6 is 11.3 Å². The fourth-order valence-electron chi connectivity index (χ4n) is 6.70. The Kier molecular flexibility index (Phi) is 10.2. The summed E-state index contributed by atoms with van der Waals surface area (Å²) in [5, 5.41) is 12.0. The summed E-state index contributed by atoms with van der Waals surface area (Å²) >= 11 is 1.63. The molecule has 262 valence electrons. The Morgan fingerprint density at radius 3 is 2.65 bits per heavy atom. The lowest BCUT2D eigenvalue weighted by Crippen LogP contribution is -2.54. The predicted molar refractivity (Wildman–Crippen MR) is 186 cm³/mol. The Bertz CT molecular complexity index is 2060. The summed E-state index contributed by atoms with van der Waals surface area (Å²) in [4.78, 5) is 52.3. The average Bonchev–Trinajstić information content (AvgIpc) is 3.72. The number of amides is 4. The quantitative estimate of drug-likeness (QED) is 0.138. The molecule has 5 heterocycles. The summed E-state index contributed by atoms with van der Waals surface area (Å²) in [6, 6.07) is 14.5. The van der Waals surface area contributed by atoms with Gasteiger partial charge in [-0.25, -0.2) is 0 Å². The zero-order valence-corrected chi connectivity index (χ0v) is 29.2. The molecule has 13 heteroatoms. The molecule has 1 saturated heterocycles. The SMILES string of the molecule is Cc1nnc2n1-c1sc(C#CCOCCOCCCc3cccc4c3C(=O)N(C3CCC(=O)NC3=O)C4=O)c(Cc3ccccc3)c1CO[C@H]2C. The van der Waals surface area contributed by atoms with E-state index in [1.807, 2.05) is 38.1 Å². The van der Waals surface area contributed by atoms with Gasteiger partial charge in [-0.3, -0.25) is 34.0 Å². The van der Waals surface area contributed by atoms with Crippen molar-refractivity contribution in [1.82, 2.24) is 25.0 Å². The molecule has 2 aromatic heterocycles. The number of aromatic nitrogens is 3. The zero-order valence-electron chi connectivity index (χ0n) is 28.4. The molecule has 0 aliphatic carbocycles. The number of nitrogens with zero attached hydrogens (tertiary/aromatic N) is 4. The molecule has 1 unspecified atom stereocenters. The molecule has 2 atom stereocenters. The van der Waals surface area contributed by atoms with Crippen LogP contribution in [0.1, 0.15) is 91.8 Å². The molecule has 3 aliphatic heterocycles. The van der Waals surface area contributed by atoms with Crippen molar-refractivity contribution >= 4 is 35.0 Å². The molecule has 51 heavy (non-hydrogen) atoms. The van der Waals surface area contributed by atoms with Crippen LogP contribution in [-0.2, 0) is 43.2 Å². The number of aryl methyl sites for hydroxylation is 2. The normalized spacial score (nSPS) is 18.1. The number of nitrogens with one attached hydrogen (secondary N) is 1. The first-order chi connectivity index (χ1) is 24.8. The molecule has 0 spiro atoms. The first kappa shape index (κ1) is 34.4. The van der Waals surface area contributed by atoms with Gasteiger partial charge in [-0.15, -0.1) is 21.5 Å². The lowest BCUT2D eigenvalue weighted by atomic mass is 9.99. The topological polar surface area (TPSA) is 142 Å². The number of carbonyl (C=O) groups excluding carboxylic acids is 4. The molecule has 0 bridgehead atoms. The van der Waals surface area contributed by atoms with Crippen LogP contribution < -0.4 is 5.32 Å². The Morgan fingerprint density at radius 1 is 1.00 bits per heavy atom. The predicted octanol–water partition coefficient (Wildman–Crippen LogP) is 4.24. The molecule has 0 radical (unpaired) electrons. The summed E-state index contributed by atoms with van der Waals surface area (Å²) in [7, 11) is 0. The molecular weight excluding hydrogens is 671 g/mol. The van der Waals surface area contributed by atoms with Crippen LogP contribution in [0.5, 0.6) is 0 Å². The minimum atomic E-state index is -0.988. The monoisotopic (exact) mass is 707 g/mol. The number of thiophene rings is 1. The summed E-state index contributed by atoms with van der Waals surface area (Å²) in [5.74, 6) is 6.10. The number of carbonyl (C=O) groups is 4. The average molecular weight is 708 g/mol. The summed E-state index contributed by atoms with van der Waals surface area (Å²) in [6.07, 6.45) is 1.91. The number of fused-ring (bicyclic) bond motifs is 4. The van der Waals surface area contributed by atoms with Crippen LogP contribution in [0.2, 0.25) is 0 Å². The number of hydrogen-bond acceptors (Lipinski definition) is 10. The second-order valence-electron chi connectivity index (χ2n) is 12.6. The highest BCUT2D eigenvalue weighted by Gasteiger charge is 2.45. The molecule has 0 saturated carbocycles. The van der Waals surface area contributed by atoms with E-state index < -0.39 is 29.7 Å². The van der Waals surface area contributed by atoms with Gasteiger partial charge in [0.15, 0.2) is 5.82 Å². The van der Waals surface area contributed by atoms with Gasteiger partial charge in [0.2, 0.25) is 11.8 Å². The third kappa shape index (κ3) is 7.00. The highest BCUT2D eigenvalue weighted by molar-refractivity contribution is 7.15. The maximum atomic E-state index is 13.3. The Hall–Kier alpha value is -5.00.